The standard InChI is InChI=1S/C7H11F3/c8-5-2-1-3-7(10)4-6-9/h4,6-7H,1-3,5H2. The minimum absolute atomic E-state index is 0.181. The average molecular weight is 152 g/mol. The van der Waals surface area contributed by atoms with Crippen molar-refractivity contribution in [3.63, 3.8) is 0 Å². The Bertz CT molecular complexity index is 90.9. The molecule has 0 rings (SSSR count). The van der Waals surface area contributed by atoms with Gasteiger partial charge < -0.3 is 0 Å². The van der Waals surface area contributed by atoms with Crippen LogP contribution in [0.25, 0.3) is 0 Å². The van der Waals surface area contributed by atoms with Gasteiger partial charge in [0.05, 0.1) is 13.0 Å². The molecule has 0 aliphatic heterocycles. The van der Waals surface area contributed by atoms with Crippen molar-refractivity contribution in [3.8, 4) is 0 Å². The summed E-state index contributed by atoms with van der Waals surface area (Å²) in [5.74, 6) is 0. The molecule has 0 saturated carbocycles. The van der Waals surface area contributed by atoms with Crippen molar-refractivity contribution in [1.29, 1.82) is 0 Å². The molecule has 0 saturated heterocycles. The number of halogens is 3. The van der Waals surface area contributed by atoms with Gasteiger partial charge in [-0.3, -0.25) is 4.39 Å². The zero-order valence-corrected chi connectivity index (χ0v) is 5.69. The lowest BCUT2D eigenvalue weighted by Crippen LogP contribution is -1.94. The van der Waals surface area contributed by atoms with Crippen molar-refractivity contribution in [3.05, 3.63) is 12.4 Å². The average Bonchev–Trinajstić information content (AvgIpc) is 1.89. The highest BCUT2D eigenvalue weighted by atomic mass is 19.1. The second kappa shape index (κ2) is 6.65. The quantitative estimate of drug-likeness (QED) is 0.531. The molecule has 0 fully saturated rings. The van der Waals surface area contributed by atoms with Gasteiger partial charge in [-0.05, 0) is 25.3 Å². The number of rotatable bonds is 5. The lowest BCUT2D eigenvalue weighted by Gasteiger charge is -1.98. The largest absolute Gasteiger partial charge is 0.251 e. The van der Waals surface area contributed by atoms with Crippen LogP contribution < -0.4 is 0 Å². The van der Waals surface area contributed by atoms with Crippen LogP contribution in [0.15, 0.2) is 12.4 Å². The van der Waals surface area contributed by atoms with Gasteiger partial charge in [-0.2, -0.15) is 0 Å². The van der Waals surface area contributed by atoms with E-state index >= 15 is 0 Å². The summed E-state index contributed by atoms with van der Waals surface area (Å²) in [6.45, 7) is -0.425. The topological polar surface area (TPSA) is 0 Å². The van der Waals surface area contributed by atoms with Crippen LogP contribution in [-0.2, 0) is 0 Å². The summed E-state index contributed by atoms with van der Waals surface area (Å²) in [6.07, 6.45) is 0.808. The summed E-state index contributed by atoms with van der Waals surface area (Å²) < 4.78 is 35.0. The molecule has 1 unspecified atom stereocenters. The summed E-state index contributed by atoms with van der Waals surface area (Å²) in [4.78, 5) is 0. The van der Waals surface area contributed by atoms with Crippen molar-refractivity contribution in [2.24, 2.45) is 0 Å². The highest BCUT2D eigenvalue weighted by molar-refractivity contribution is 4.81. The lowest BCUT2D eigenvalue weighted by atomic mass is 10.2. The molecule has 1 atom stereocenters. The van der Waals surface area contributed by atoms with Gasteiger partial charge in [0.15, 0.2) is 0 Å². The van der Waals surface area contributed by atoms with Crippen molar-refractivity contribution < 1.29 is 13.2 Å². The van der Waals surface area contributed by atoms with Gasteiger partial charge in [0.1, 0.15) is 6.17 Å². The zero-order valence-electron chi connectivity index (χ0n) is 5.69. The summed E-state index contributed by atoms with van der Waals surface area (Å²) in [6, 6.07) is 0. The fourth-order valence-electron chi connectivity index (χ4n) is 0.609. The van der Waals surface area contributed by atoms with Gasteiger partial charge in [-0.25, -0.2) is 8.78 Å². The summed E-state index contributed by atoms with van der Waals surface area (Å²) in [7, 11) is 0. The van der Waals surface area contributed by atoms with E-state index in [1.165, 1.54) is 0 Å². The van der Waals surface area contributed by atoms with Gasteiger partial charge >= 0.3 is 0 Å². The van der Waals surface area contributed by atoms with Crippen LogP contribution in [-0.4, -0.2) is 12.8 Å². The molecule has 60 valence electrons. The SMILES string of the molecule is FC=CC(F)CCCCF. The molecule has 0 radical (unpaired) electrons. The molecule has 10 heavy (non-hydrogen) atoms. The third-order valence-corrected chi connectivity index (χ3v) is 1.15. The van der Waals surface area contributed by atoms with Crippen LogP contribution in [0.5, 0.6) is 0 Å². The maximum atomic E-state index is 12.3. The minimum Gasteiger partial charge on any atom is -0.251 e. The summed E-state index contributed by atoms with van der Waals surface area (Å²) in [5.41, 5.74) is 0. The summed E-state index contributed by atoms with van der Waals surface area (Å²) in [5, 5.41) is 0. The first kappa shape index (κ1) is 9.53. The first-order chi connectivity index (χ1) is 4.81. The predicted octanol–water partition coefficient (Wildman–Crippen LogP) is 2.95. The van der Waals surface area contributed by atoms with E-state index in [2.05, 4.69) is 0 Å². The van der Waals surface area contributed by atoms with Crippen LogP contribution in [0.1, 0.15) is 19.3 Å². The Morgan fingerprint density at radius 3 is 2.50 bits per heavy atom. The molecule has 0 heterocycles. The second-order valence-corrected chi connectivity index (χ2v) is 2.02. The van der Waals surface area contributed by atoms with E-state index < -0.39 is 12.8 Å². The predicted molar refractivity (Wildman–Crippen MR) is 35.0 cm³/mol. The van der Waals surface area contributed by atoms with Crippen LogP contribution in [0.3, 0.4) is 0 Å². The van der Waals surface area contributed by atoms with Gasteiger partial charge in [0.2, 0.25) is 0 Å². The van der Waals surface area contributed by atoms with Gasteiger partial charge in [0, 0.05) is 0 Å². The van der Waals surface area contributed by atoms with E-state index in [0.29, 0.717) is 12.8 Å². The Kier molecular flexibility index (Phi) is 6.33. The summed E-state index contributed by atoms with van der Waals surface area (Å²) >= 11 is 0. The van der Waals surface area contributed by atoms with E-state index in [4.69, 9.17) is 0 Å². The highest BCUT2D eigenvalue weighted by Gasteiger charge is 1.99. The number of alkyl halides is 2. The first-order valence-electron chi connectivity index (χ1n) is 3.28. The number of unbranched alkanes of at least 4 members (excludes halogenated alkanes) is 1. The van der Waals surface area contributed by atoms with Crippen molar-refractivity contribution >= 4 is 0 Å². The molecule has 0 aliphatic carbocycles. The van der Waals surface area contributed by atoms with Crippen molar-refractivity contribution in [2.75, 3.05) is 6.67 Å². The third kappa shape index (κ3) is 5.66. The molecule has 0 nitrogen and oxygen atoms in total. The van der Waals surface area contributed by atoms with Crippen molar-refractivity contribution in [1.82, 2.24) is 0 Å². The molecule has 0 amide bonds. The molecule has 0 aromatic heterocycles. The monoisotopic (exact) mass is 152 g/mol. The number of hydrogen-bond acceptors (Lipinski definition) is 0. The molecule has 0 bridgehead atoms. The van der Waals surface area contributed by atoms with E-state index in [1.807, 2.05) is 0 Å². The van der Waals surface area contributed by atoms with E-state index in [-0.39, 0.29) is 12.8 Å². The minimum atomic E-state index is -1.25. The fraction of sp³-hybridized carbons (Fsp3) is 0.714. The van der Waals surface area contributed by atoms with Crippen molar-refractivity contribution in [2.45, 2.75) is 25.4 Å². The second-order valence-electron chi connectivity index (χ2n) is 2.02. The van der Waals surface area contributed by atoms with Gasteiger partial charge in [-0.1, -0.05) is 0 Å². The third-order valence-electron chi connectivity index (χ3n) is 1.15. The molecule has 0 aromatic rings. The Morgan fingerprint density at radius 1 is 1.30 bits per heavy atom. The van der Waals surface area contributed by atoms with Gasteiger partial charge in [-0.15, -0.1) is 0 Å². The van der Waals surface area contributed by atoms with Crippen LogP contribution >= 0.6 is 0 Å². The zero-order chi connectivity index (χ0) is 7.82. The maximum Gasteiger partial charge on any atom is 0.121 e. The Balaban J connectivity index is 3.13. The smallest absolute Gasteiger partial charge is 0.121 e. The van der Waals surface area contributed by atoms with Gasteiger partial charge in [0.25, 0.3) is 0 Å². The van der Waals surface area contributed by atoms with E-state index in [1.54, 1.807) is 0 Å². The van der Waals surface area contributed by atoms with E-state index in [0.717, 1.165) is 6.08 Å². The lowest BCUT2D eigenvalue weighted by molar-refractivity contribution is 0.352. The number of hydrogen-bond donors (Lipinski definition) is 0. The molecule has 0 N–H and O–H groups in total. The van der Waals surface area contributed by atoms with Crippen LogP contribution in [0.4, 0.5) is 13.2 Å². The molecule has 0 aliphatic rings. The first-order valence-corrected chi connectivity index (χ1v) is 3.28. The van der Waals surface area contributed by atoms with Crippen LogP contribution in [0, 0.1) is 0 Å². The fourth-order valence-corrected chi connectivity index (χ4v) is 0.609. The number of allylic oxidation sites excluding steroid dienone is 1. The molecular formula is C7H11F3. The Morgan fingerprint density at radius 2 is 2.00 bits per heavy atom. The maximum absolute atomic E-state index is 12.3. The normalized spacial score (nSPS) is 14.3. The van der Waals surface area contributed by atoms with Crippen LogP contribution in [0.2, 0.25) is 0 Å². The molecule has 0 aromatic carbocycles. The van der Waals surface area contributed by atoms with E-state index in [9.17, 15) is 13.2 Å². The Hall–Kier alpha value is -0.470. The highest BCUT2D eigenvalue weighted by Crippen LogP contribution is 2.06. The molecule has 3 heteroatoms. The molecular weight excluding hydrogens is 141 g/mol. The molecule has 0 spiro atoms. The Labute approximate surface area is 58.7 Å².